The first-order valence-electron chi connectivity index (χ1n) is 9.38. The summed E-state index contributed by atoms with van der Waals surface area (Å²) in [6, 6.07) is -0.269. The van der Waals surface area contributed by atoms with Gasteiger partial charge in [0.05, 0.1) is 12.9 Å². The molecule has 0 spiro atoms. The van der Waals surface area contributed by atoms with Gasteiger partial charge in [0.25, 0.3) is 5.56 Å². The first-order chi connectivity index (χ1) is 15.0. The number of aliphatic hydroxyl groups excluding tert-OH is 2. The maximum Gasteiger partial charge on any atom is 0.469 e. The number of aromatic amines is 1. The molecule has 2 saturated heterocycles. The average Bonchev–Trinajstić information content (AvgIpc) is 3.42. The number of carboxylic acids is 1. The summed E-state index contributed by atoms with van der Waals surface area (Å²) in [5.41, 5.74) is 4.84. The molecule has 0 aromatic carbocycles. The van der Waals surface area contributed by atoms with E-state index in [1.807, 2.05) is 0 Å². The zero-order valence-corrected chi connectivity index (χ0v) is 17.3. The summed E-state index contributed by atoms with van der Waals surface area (Å²) in [5.74, 6) is -0.897. The number of nitrogens with one attached hydrogen (secondary N) is 2. The van der Waals surface area contributed by atoms with E-state index in [1.165, 1.54) is 10.9 Å². The van der Waals surface area contributed by atoms with Crippen molar-refractivity contribution < 1.29 is 43.7 Å². The number of H-pyrrole nitrogens is 1. The Morgan fingerprint density at radius 1 is 1.38 bits per heavy atom. The highest BCUT2D eigenvalue weighted by molar-refractivity contribution is 7.46. The van der Waals surface area contributed by atoms with Gasteiger partial charge in [-0.15, -0.1) is 0 Å². The fourth-order valence-corrected chi connectivity index (χ4v) is 3.63. The van der Waals surface area contributed by atoms with E-state index in [-0.39, 0.29) is 23.2 Å². The van der Waals surface area contributed by atoms with Crippen molar-refractivity contribution in [3.8, 4) is 0 Å². The number of carbonyl (C=O) groups is 1. The fraction of sp³-hybridized carbons (Fsp3) is 0.600. The summed E-state index contributed by atoms with van der Waals surface area (Å²) < 4.78 is 21.6. The Labute approximate surface area is 179 Å². The molecule has 2 fully saturated rings. The number of nitrogens with zero attached hydrogens (tertiary/aromatic N) is 3. The Morgan fingerprint density at radius 2 is 2.09 bits per heavy atom. The minimum atomic E-state index is -4.76. The van der Waals surface area contributed by atoms with Gasteiger partial charge in [-0.1, -0.05) is 0 Å². The van der Waals surface area contributed by atoms with Crippen LogP contribution in [-0.4, -0.2) is 88.1 Å². The Morgan fingerprint density at radius 3 is 2.66 bits per heavy atom. The maximum atomic E-state index is 11.7. The van der Waals surface area contributed by atoms with Gasteiger partial charge >= 0.3 is 13.8 Å². The van der Waals surface area contributed by atoms with E-state index in [0.29, 0.717) is 0 Å². The molecule has 16 nitrogen and oxygen atoms in total. The van der Waals surface area contributed by atoms with Gasteiger partial charge in [-0.05, 0) is 19.4 Å². The van der Waals surface area contributed by atoms with Crippen LogP contribution in [0.1, 0.15) is 19.1 Å². The third kappa shape index (κ3) is 5.48. The number of imidazole rings is 1. The third-order valence-corrected chi connectivity index (χ3v) is 5.31. The molecule has 5 atom stereocenters. The first kappa shape index (κ1) is 24.2. The molecule has 0 radical (unpaired) electrons. The lowest BCUT2D eigenvalue weighted by atomic mass is 10.1. The van der Waals surface area contributed by atoms with Gasteiger partial charge in [0.2, 0.25) is 5.95 Å². The highest BCUT2D eigenvalue weighted by Crippen LogP contribution is 2.38. The molecular formula is C15H23N6O10P. The summed E-state index contributed by atoms with van der Waals surface area (Å²) in [4.78, 5) is 49.3. The number of phosphoric ester groups is 1. The molecule has 0 saturated carbocycles. The van der Waals surface area contributed by atoms with Gasteiger partial charge in [-0.3, -0.25) is 23.7 Å². The largest absolute Gasteiger partial charge is 0.480 e. The molecule has 9 N–H and O–H groups in total. The van der Waals surface area contributed by atoms with Crippen molar-refractivity contribution in [2.45, 2.75) is 43.4 Å². The Bertz CT molecular complexity index is 1060. The SMILES string of the molecule is Nc1nc2c(ncn2[C@@H]2O[C@H](COP(=O)(O)O)[C@@H](O)[C@H]2O)c(=O)[nH]1.O=C(O)C1CCCN1. The van der Waals surface area contributed by atoms with Gasteiger partial charge in [0.15, 0.2) is 17.4 Å². The van der Waals surface area contributed by atoms with Crippen molar-refractivity contribution in [3.63, 3.8) is 0 Å². The van der Waals surface area contributed by atoms with E-state index in [2.05, 4.69) is 24.8 Å². The lowest BCUT2D eigenvalue weighted by Crippen LogP contribution is -2.33. The predicted molar refractivity (Wildman–Crippen MR) is 105 cm³/mol. The molecular weight excluding hydrogens is 455 g/mol. The van der Waals surface area contributed by atoms with Crippen LogP contribution in [0.15, 0.2) is 11.1 Å². The number of fused-ring (bicyclic) bond motifs is 1. The number of aromatic nitrogens is 4. The molecule has 32 heavy (non-hydrogen) atoms. The van der Waals surface area contributed by atoms with Crippen LogP contribution in [0.25, 0.3) is 11.2 Å². The zero-order valence-electron chi connectivity index (χ0n) is 16.4. The van der Waals surface area contributed by atoms with Crippen LogP contribution >= 0.6 is 7.82 Å². The van der Waals surface area contributed by atoms with Crippen molar-refractivity contribution in [3.05, 3.63) is 16.7 Å². The first-order valence-corrected chi connectivity index (χ1v) is 10.9. The molecule has 0 aliphatic carbocycles. The minimum Gasteiger partial charge on any atom is -0.480 e. The third-order valence-electron chi connectivity index (χ3n) is 4.83. The second-order valence-electron chi connectivity index (χ2n) is 7.10. The standard InChI is InChI=1S/C10H14N5O8P.C5H9NO2/c11-10-13-7-4(8(18)14-10)12-2-15(7)9-6(17)5(16)3(23-9)1-22-24(19,20)21;7-5(8)4-2-1-3-6-4/h2-3,5-6,9,16-17H,1H2,(H2,19,20,21)(H3,11,13,14,18);4,6H,1-3H2,(H,7,8)/t3-,5-,6-,9-;/m1./s1. The maximum absolute atomic E-state index is 11.7. The van der Waals surface area contributed by atoms with Crippen LogP contribution in [0.5, 0.6) is 0 Å². The van der Waals surface area contributed by atoms with E-state index >= 15 is 0 Å². The molecule has 2 aliphatic heterocycles. The van der Waals surface area contributed by atoms with Crippen LogP contribution in [0.2, 0.25) is 0 Å². The van der Waals surface area contributed by atoms with Gasteiger partial charge in [-0.2, -0.15) is 4.98 Å². The van der Waals surface area contributed by atoms with Crippen molar-refractivity contribution in [2.24, 2.45) is 0 Å². The molecule has 2 aromatic heterocycles. The van der Waals surface area contributed by atoms with Gasteiger partial charge < -0.3 is 40.9 Å². The number of anilines is 1. The fourth-order valence-electron chi connectivity index (χ4n) is 3.29. The topological polar surface area (TPSA) is 255 Å². The van der Waals surface area contributed by atoms with Crippen LogP contribution in [0, 0.1) is 0 Å². The van der Waals surface area contributed by atoms with Gasteiger partial charge in [0, 0.05) is 0 Å². The summed E-state index contributed by atoms with van der Waals surface area (Å²) in [5, 5.41) is 31.3. The number of rotatable bonds is 5. The molecule has 2 aromatic rings. The summed E-state index contributed by atoms with van der Waals surface area (Å²) >= 11 is 0. The number of phosphoric acid groups is 1. The van der Waals surface area contributed by atoms with Crippen LogP contribution in [0.3, 0.4) is 0 Å². The lowest BCUT2D eigenvalue weighted by molar-refractivity contribution is -0.139. The molecule has 17 heteroatoms. The molecule has 4 heterocycles. The van der Waals surface area contributed by atoms with Crippen LogP contribution in [-0.2, 0) is 18.6 Å². The van der Waals surface area contributed by atoms with Crippen molar-refractivity contribution in [1.29, 1.82) is 0 Å². The molecule has 4 rings (SSSR count). The number of nitrogens with two attached hydrogens (primary N) is 1. The van der Waals surface area contributed by atoms with E-state index < -0.39 is 50.5 Å². The van der Waals surface area contributed by atoms with E-state index in [4.69, 9.17) is 25.4 Å². The number of ether oxygens (including phenoxy) is 1. The number of hydrogen-bond donors (Lipinski definition) is 8. The second-order valence-corrected chi connectivity index (χ2v) is 8.33. The van der Waals surface area contributed by atoms with Crippen LogP contribution < -0.4 is 16.6 Å². The normalized spacial score (nSPS) is 27.9. The zero-order chi connectivity index (χ0) is 23.6. The molecule has 1 unspecified atom stereocenters. The van der Waals surface area contributed by atoms with Crippen molar-refractivity contribution >= 4 is 30.9 Å². The molecule has 0 amide bonds. The van der Waals surface area contributed by atoms with E-state index in [9.17, 15) is 24.4 Å². The molecule has 0 bridgehead atoms. The summed E-state index contributed by atoms with van der Waals surface area (Å²) in [7, 11) is -4.76. The summed E-state index contributed by atoms with van der Waals surface area (Å²) in [6.07, 6.45) is -2.43. The summed E-state index contributed by atoms with van der Waals surface area (Å²) in [6.45, 7) is 0.207. The number of aliphatic hydroxyl groups is 2. The number of carboxylic acid groups (broad SMARTS) is 1. The Kier molecular flexibility index (Phi) is 7.26. The number of hydrogen-bond acceptors (Lipinski definition) is 11. The van der Waals surface area contributed by atoms with Crippen molar-refractivity contribution in [1.82, 2.24) is 24.8 Å². The number of nitrogen functional groups attached to an aromatic ring is 1. The molecule has 178 valence electrons. The second kappa shape index (κ2) is 9.60. The van der Waals surface area contributed by atoms with Crippen LogP contribution in [0.4, 0.5) is 5.95 Å². The number of aliphatic carboxylic acids is 1. The smallest absolute Gasteiger partial charge is 0.469 e. The van der Waals surface area contributed by atoms with E-state index in [0.717, 1.165) is 19.4 Å². The minimum absolute atomic E-state index is 0.0176. The quantitative estimate of drug-likeness (QED) is 0.203. The monoisotopic (exact) mass is 478 g/mol. The van der Waals surface area contributed by atoms with Gasteiger partial charge in [0.1, 0.15) is 24.4 Å². The lowest BCUT2D eigenvalue weighted by Gasteiger charge is -2.16. The van der Waals surface area contributed by atoms with Crippen molar-refractivity contribution in [2.75, 3.05) is 18.9 Å². The van der Waals surface area contributed by atoms with Gasteiger partial charge in [-0.25, -0.2) is 9.55 Å². The Hall–Kier alpha value is -2.43. The Balaban J connectivity index is 0.000000305. The molecule has 2 aliphatic rings. The highest BCUT2D eigenvalue weighted by atomic mass is 31.2. The van der Waals surface area contributed by atoms with E-state index in [1.54, 1.807) is 0 Å². The average molecular weight is 478 g/mol. The predicted octanol–water partition coefficient (Wildman–Crippen LogP) is -2.75. The highest BCUT2D eigenvalue weighted by Gasteiger charge is 2.45.